The van der Waals surface area contributed by atoms with Gasteiger partial charge in [0.05, 0.1) is 17.0 Å². The summed E-state index contributed by atoms with van der Waals surface area (Å²) in [4.78, 5) is 29.7. The van der Waals surface area contributed by atoms with E-state index >= 15 is 0 Å². The van der Waals surface area contributed by atoms with E-state index in [1.165, 1.54) is 22.7 Å². The Labute approximate surface area is 173 Å². The van der Waals surface area contributed by atoms with Crippen molar-refractivity contribution < 1.29 is 9.59 Å². The van der Waals surface area contributed by atoms with Crippen LogP contribution in [-0.2, 0) is 11.2 Å². The number of rotatable bonds is 6. The summed E-state index contributed by atoms with van der Waals surface area (Å²) in [6.07, 6.45) is 0.201. The molecule has 0 unspecified atom stereocenters. The van der Waals surface area contributed by atoms with Gasteiger partial charge in [-0.25, -0.2) is 4.98 Å². The first kappa shape index (κ1) is 18.5. The van der Waals surface area contributed by atoms with Crippen molar-refractivity contribution in [1.29, 1.82) is 0 Å². The van der Waals surface area contributed by atoms with Gasteiger partial charge in [-0.2, -0.15) is 11.3 Å². The summed E-state index contributed by atoms with van der Waals surface area (Å²) in [5.74, 6) is -0.314. The molecule has 8 heteroatoms. The molecule has 0 atom stereocenters. The number of carbonyl (C=O) groups excluding carboxylic acids is 2. The zero-order valence-corrected chi connectivity index (χ0v) is 17.0. The molecule has 2 amide bonds. The average molecular weight is 426 g/mol. The van der Waals surface area contributed by atoms with Gasteiger partial charge in [-0.05, 0) is 41.1 Å². The van der Waals surface area contributed by atoms with Crippen LogP contribution in [0.25, 0.3) is 10.6 Å². The standard InChI is InChI=1S/C20H15N3O2S3/c24-18(10-16-12-28-20(23-16)13-6-8-26-11-13)21-14-3-1-4-15(9-14)22-19(25)17-5-2-7-27-17/h1-9,11-12H,10H2,(H,21,24)(H,22,25). The monoisotopic (exact) mass is 425 g/mol. The summed E-state index contributed by atoms with van der Waals surface area (Å²) in [5.41, 5.74) is 3.08. The topological polar surface area (TPSA) is 71.1 Å². The van der Waals surface area contributed by atoms with Crippen molar-refractivity contribution in [1.82, 2.24) is 4.98 Å². The van der Waals surface area contributed by atoms with E-state index in [1.807, 2.05) is 33.7 Å². The molecule has 0 aliphatic heterocycles. The Balaban J connectivity index is 1.37. The number of hydrogen-bond donors (Lipinski definition) is 2. The summed E-state index contributed by atoms with van der Waals surface area (Å²) >= 11 is 4.53. The highest BCUT2D eigenvalue weighted by Crippen LogP contribution is 2.26. The first-order valence-corrected chi connectivity index (χ1v) is 11.1. The highest BCUT2D eigenvalue weighted by atomic mass is 32.1. The highest BCUT2D eigenvalue weighted by Gasteiger charge is 2.11. The molecule has 0 saturated heterocycles. The van der Waals surface area contributed by atoms with Gasteiger partial charge in [-0.1, -0.05) is 12.1 Å². The second kappa shape index (κ2) is 8.47. The number of nitrogens with zero attached hydrogens (tertiary/aromatic N) is 1. The van der Waals surface area contributed by atoms with Gasteiger partial charge < -0.3 is 10.6 Å². The van der Waals surface area contributed by atoms with Gasteiger partial charge in [0.15, 0.2) is 0 Å². The van der Waals surface area contributed by atoms with Crippen molar-refractivity contribution in [2.24, 2.45) is 0 Å². The van der Waals surface area contributed by atoms with E-state index in [-0.39, 0.29) is 18.2 Å². The SMILES string of the molecule is O=C(Cc1csc(-c2ccsc2)n1)Nc1cccc(NC(=O)c2cccs2)c1. The number of carbonyl (C=O) groups is 2. The van der Waals surface area contributed by atoms with Crippen molar-refractivity contribution in [3.8, 4) is 10.6 Å². The number of anilines is 2. The third-order valence-electron chi connectivity index (χ3n) is 3.81. The predicted octanol–water partition coefficient (Wildman–Crippen LogP) is 5.37. The first-order valence-electron chi connectivity index (χ1n) is 8.39. The fraction of sp³-hybridized carbons (Fsp3) is 0.0500. The molecule has 5 nitrogen and oxygen atoms in total. The van der Waals surface area contributed by atoms with Crippen molar-refractivity contribution in [3.05, 3.63) is 74.6 Å². The maximum atomic E-state index is 12.4. The smallest absolute Gasteiger partial charge is 0.265 e. The molecule has 4 rings (SSSR count). The minimum absolute atomic E-state index is 0.149. The summed E-state index contributed by atoms with van der Waals surface area (Å²) in [6.45, 7) is 0. The normalized spacial score (nSPS) is 10.6. The highest BCUT2D eigenvalue weighted by molar-refractivity contribution is 7.14. The van der Waals surface area contributed by atoms with Gasteiger partial charge in [-0.3, -0.25) is 9.59 Å². The zero-order chi connectivity index (χ0) is 19.3. The number of hydrogen-bond acceptors (Lipinski definition) is 6. The maximum absolute atomic E-state index is 12.4. The number of amides is 2. The van der Waals surface area contributed by atoms with E-state index in [2.05, 4.69) is 15.6 Å². The zero-order valence-electron chi connectivity index (χ0n) is 14.5. The minimum Gasteiger partial charge on any atom is -0.326 e. The molecule has 3 heterocycles. The molecule has 0 bridgehead atoms. The van der Waals surface area contributed by atoms with Gasteiger partial charge in [0, 0.05) is 27.7 Å². The molecular formula is C20H15N3O2S3. The maximum Gasteiger partial charge on any atom is 0.265 e. The number of thiophene rings is 2. The van der Waals surface area contributed by atoms with E-state index in [0.29, 0.717) is 16.3 Å². The van der Waals surface area contributed by atoms with Crippen molar-refractivity contribution >= 4 is 57.2 Å². The molecule has 140 valence electrons. The number of thiazole rings is 1. The molecule has 2 N–H and O–H groups in total. The lowest BCUT2D eigenvalue weighted by atomic mass is 10.2. The Morgan fingerprint density at radius 1 is 0.929 bits per heavy atom. The fourth-order valence-electron chi connectivity index (χ4n) is 2.55. The van der Waals surface area contributed by atoms with Gasteiger partial charge in [0.1, 0.15) is 5.01 Å². The van der Waals surface area contributed by atoms with Gasteiger partial charge in [-0.15, -0.1) is 22.7 Å². The quantitative estimate of drug-likeness (QED) is 0.436. The van der Waals surface area contributed by atoms with Crippen LogP contribution < -0.4 is 10.6 Å². The van der Waals surface area contributed by atoms with Crippen molar-refractivity contribution in [2.45, 2.75) is 6.42 Å². The molecule has 0 aliphatic carbocycles. The van der Waals surface area contributed by atoms with Crippen LogP contribution in [0.4, 0.5) is 11.4 Å². The Morgan fingerprint density at radius 3 is 2.54 bits per heavy atom. The molecule has 4 aromatic rings. The second-order valence-corrected chi connectivity index (χ2v) is 8.48. The van der Waals surface area contributed by atoms with E-state index < -0.39 is 0 Å². The minimum atomic E-state index is -0.165. The molecular weight excluding hydrogens is 410 g/mol. The number of nitrogens with one attached hydrogen (secondary N) is 2. The average Bonchev–Trinajstić information content (AvgIpc) is 3.44. The fourth-order valence-corrected chi connectivity index (χ4v) is 4.70. The Hall–Kier alpha value is -2.81. The third-order valence-corrected chi connectivity index (χ3v) is 6.30. The van der Waals surface area contributed by atoms with Crippen LogP contribution in [0.2, 0.25) is 0 Å². The van der Waals surface area contributed by atoms with Crippen LogP contribution >= 0.6 is 34.0 Å². The summed E-state index contributed by atoms with van der Waals surface area (Å²) in [5, 5.41) is 14.4. The van der Waals surface area contributed by atoms with Gasteiger partial charge in [0.25, 0.3) is 5.91 Å². The summed E-state index contributed by atoms with van der Waals surface area (Å²) in [6, 6.07) is 12.7. The Kier molecular flexibility index (Phi) is 5.61. The van der Waals surface area contributed by atoms with Crippen LogP contribution in [-0.4, -0.2) is 16.8 Å². The molecule has 0 spiro atoms. The summed E-state index contributed by atoms with van der Waals surface area (Å²) < 4.78 is 0. The van der Waals surface area contributed by atoms with Gasteiger partial charge >= 0.3 is 0 Å². The number of aromatic nitrogens is 1. The lowest BCUT2D eigenvalue weighted by molar-refractivity contribution is -0.115. The molecule has 3 aromatic heterocycles. The van der Waals surface area contributed by atoms with E-state index in [9.17, 15) is 9.59 Å². The molecule has 28 heavy (non-hydrogen) atoms. The molecule has 0 radical (unpaired) electrons. The van der Waals surface area contributed by atoms with Crippen molar-refractivity contribution in [3.63, 3.8) is 0 Å². The number of benzene rings is 1. The first-order chi connectivity index (χ1) is 13.7. The van der Waals surface area contributed by atoms with Gasteiger partial charge in [0.2, 0.25) is 5.91 Å². The summed E-state index contributed by atoms with van der Waals surface area (Å²) in [7, 11) is 0. The molecule has 0 saturated carbocycles. The molecule has 1 aromatic carbocycles. The van der Waals surface area contributed by atoms with Crippen LogP contribution in [0.15, 0.2) is 64.0 Å². The van der Waals surface area contributed by atoms with E-state index in [4.69, 9.17) is 0 Å². The lowest BCUT2D eigenvalue weighted by Gasteiger charge is -2.08. The van der Waals surface area contributed by atoms with Crippen LogP contribution in [0, 0.1) is 0 Å². The van der Waals surface area contributed by atoms with E-state index in [0.717, 1.165) is 16.3 Å². The van der Waals surface area contributed by atoms with Crippen LogP contribution in [0.5, 0.6) is 0 Å². The van der Waals surface area contributed by atoms with Crippen LogP contribution in [0.3, 0.4) is 0 Å². The largest absolute Gasteiger partial charge is 0.326 e. The molecule has 0 fully saturated rings. The predicted molar refractivity (Wildman–Crippen MR) is 116 cm³/mol. The lowest BCUT2D eigenvalue weighted by Crippen LogP contribution is -2.15. The second-order valence-electron chi connectivity index (χ2n) is 5.89. The Bertz CT molecular complexity index is 1090. The third kappa shape index (κ3) is 4.53. The van der Waals surface area contributed by atoms with Crippen LogP contribution in [0.1, 0.15) is 15.4 Å². The Morgan fingerprint density at radius 2 is 1.79 bits per heavy atom. The molecule has 0 aliphatic rings. The van der Waals surface area contributed by atoms with Crippen molar-refractivity contribution in [2.75, 3.05) is 10.6 Å². The van der Waals surface area contributed by atoms with E-state index in [1.54, 1.807) is 41.7 Å².